The van der Waals surface area contributed by atoms with E-state index in [0.717, 1.165) is 29.4 Å². The van der Waals surface area contributed by atoms with Crippen molar-refractivity contribution in [3.05, 3.63) is 29.8 Å². The summed E-state index contributed by atoms with van der Waals surface area (Å²) in [5, 5.41) is 12.5. The Morgan fingerprint density at radius 3 is 2.44 bits per heavy atom. The molecule has 1 amide bonds. The fourth-order valence-corrected chi connectivity index (χ4v) is 4.18. The number of aromatic nitrogens is 3. The molecule has 0 spiro atoms. The number of nitrogens with zero attached hydrogens (tertiary/aromatic N) is 3. The molecule has 1 aliphatic carbocycles. The van der Waals surface area contributed by atoms with E-state index < -0.39 is 0 Å². The highest BCUT2D eigenvalue weighted by Crippen LogP contribution is 2.27. The number of rotatable bonds is 5. The maximum absolute atomic E-state index is 12.2. The first kappa shape index (κ1) is 19.9. The third-order valence-corrected chi connectivity index (χ3v) is 6.17. The molecule has 1 aliphatic rings. The zero-order valence-corrected chi connectivity index (χ0v) is 17.6. The summed E-state index contributed by atoms with van der Waals surface area (Å²) in [6, 6.07) is 8.83. The van der Waals surface area contributed by atoms with Crippen molar-refractivity contribution in [1.29, 1.82) is 0 Å². The van der Waals surface area contributed by atoms with Gasteiger partial charge in [-0.05, 0) is 23.8 Å². The van der Waals surface area contributed by atoms with Crippen molar-refractivity contribution in [2.24, 2.45) is 7.05 Å². The van der Waals surface area contributed by atoms with Crippen LogP contribution in [0.15, 0.2) is 29.4 Å². The van der Waals surface area contributed by atoms with Crippen LogP contribution in [0.2, 0.25) is 0 Å². The summed E-state index contributed by atoms with van der Waals surface area (Å²) in [6.07, 6.45) is 5.95. The topological polar surface area (TPSA) is 59.8 Å². The summed E-state index contributed by atoms with van der Waals surface area (Å²) in [6.45, 7) is 6.62. The number of benzene rings is 1. The van der Waals surface area contributed by atoms with Crippen molar-refractivity contribution in [2.75, 3.05) is 5.75 Å². The van der Waals surface area contributed by atoms with Gasteiger partial charge in [-0.25, -0.2) is 0 Å². The molecule has 1 aromatic carbocycles. The lowest BCUT2D eigenvalue weighted by Gasteiger charge is -2.22. The fraction of sp³-hybridized carbons (Fsp3) is 0.571. The SMILES string of the molecule is Cn1c(SCC(=O)NC2CCCCC2)nnc1-c1ccc(C(C)(C)C)cc1. The largest absolute Gasteiger partial charge is 0.353 e. The van der Waals surface area contributed by atoms with Gasteiger partial charge >= 0.3 is 0 Å². The highest BCUT2D eigenvalue weighted by molar-refractivity contribution is 7.99. The number of hydrogen-bond donors (Lipinski definition) is 1. The minimum Gasteiger partial charge on any atom is -0.353 e. The van der Waals surface area contributed by atoms with Crippen molar-refractivity contribution in [3.8, 4) is 11.4 Å². The quantitative estimate of drug-likeness (QED) is 0.778. The van der Waals surface area contributed by atoms with Crippen LogP contribution in [0.4, 0.5) is 0 Å². The van der Waals surface area contributed by atoms with Crippen molar-refractivity contribution < 1.29 is 4.79 Å². The molecule has 27 heavy (non-hydrogen) atoms. The van der Waals surface area contributed by atoms with Gasteiger partial charge in [-0.1, -0.05) is 76.1 Å². The van der Waals surface area contributed by atoms with E-state index in [4.69, 9.17) is 0 Å². The van der Waals surface area contributed by atoms with E-state index in [1.807, 2.05) is 11.6 Å². The summed E-state index contributed by atoms with van der Waals surface area (Å²) >= 11 is 1.44. The smallest absolute Gasteiger partial charge is 0.230 e. The molecule has 3 rings (SSSR count). The predicted molar refractivity (Wildman–Crippen MR) is 111 cm³/mol. The second-order valence-electron chi connectivity index (χ2n) is 8.38. The molecule has 0 unspecified atom stereocenters. The van der Waals surface area contributed by atoms with Crippen LogP contribution in [0.3, 0.4) is 0 Å². The van der Waals surface area contributed by atoms with E-state index >= 15 is 0 Å². The molecule has 0 atom stereocenters. The van der Waals surface area contributed by atoms with E-state index in [1.165, 1.54) is 36.6 Å². The van der Waals surface area contributed by atoms with Gasteiger partial charge in [-0.15, -0.1) is 10.2 Å². The molecule has 146 valence electrons. The molecule has 6 heteroatoms. The van der Waals surface area contributed by atoms with Crippen molar-refractivity contribution >= 4 is 17.7 Å². The Labute approximate surface area is 166 Å². The number of carbonyl (C=O) groups is 1. The molecule has 2 aromatic rings. The normalized spacial score (nSPS) is 15.7. The summed E-state index contributed by atoms with van der Waals surface area (Å²) in [5.41, 5.74) is 2.46. The number of carbonyl (C=O) groups excluding carboxylic acids is 1. The lowest BCUT2D eigenvalue weighted by Crippen LogP contribution is -2.37. The molecule has 1 N–H and O–H groups in total. The number of nitrogens with one attached hydrogen (secondary N) is 1. The van der Waals surface area contributed by atoms with Crippen LogP contribution in [0.1, 0.15) is 58.4 Å². The van der Waals surface area contributed by atoms with Crippen LogP contribution >= 0.6 is 11.8 Å². The van der Waals surface area contributed by atoms with Gasteiger partial charge in [0.2, 0.25) is 5.91 Å². The van der Waals surface area contributed by atoms with Crippen LogP contribution in [0.5, 0.6) is 0 Å². The second-order valence-corrected chi connectivity index (χ2v) is 9.33. The van der Waals surface area contributed by atoms with Crippen LogP contribution in [-0.2, 0) is 17.3 Å². The first-order valence-corrected chi connectivity index (χ1v) is 10.8. The number of amides is 1. The molecule has 0 bridgehead atoms. The van der Waals surface area contributed by atoms with Gasteiger partial charge in [0.15, 0.2) is 11.0 Å². The molecular weight excluding hydrogens is 356 g/mol. The van der Waals surface area contributed by atoms with E-state index in [1.54, 1.807) is 0 Å². The van der Waals surface area contributed by atoms with Gasteiger partial charge in [0.05, 0.1) is 5.75 Å². The molecule has 1 fully saturated rings. The van der Waals surface area contributed by atoms with Gasteiger partial charge in [0.25, 0.3) is 0 Å². The summed E-state index contributed by atoms with van der Waals surface area (Å²) in [5.74, 6) is 1.29. The Hall–Kier alpha value is -1.82. The minimum absolute atomic E-state index is 0.0889. The molecule has 0 radical (unpaired) electrons. The third-order valence-electron chi connectivity index (χ3n) is 5.15. The summed E-state index contributed by atoms with van der Waals surface area (Å²) in [4.78, 5) is 12.2. The first-order valence-electron chi connectivity index (χ1n) is 9.77. The minimum atomic E-state index is 0.0889. The van der Waals surface area contributed by atoms with Crippen molar-refractivity contribution in [2.45, 2.75) is 69.5 Å². The molecule has 1 aromatic heterocycles. The second kappa shape index (κ2) is 8.46. The standard InChI is InChI=1S/C21H30N4OS/c1-21(2,3)16-12-10-15(11-13-16)19-23-24-20(25(19)4)27-14-18(26)22-17-8-6-5-7-9-17/h10-13,17H,5-9,14H2,1-4H3,(H,22,26). The summed E-state index contributed by atoms with van der Waals surface area (Å²) < 4.78 is 1.96. The average Bonchev–Trinajstić information content (AvgIpc) is 3.01. The van der Waals surface area contributed by atoms with Crippen molar-refractivity contribution in [3.63, 3.8) is 0 Å². The lowest BCUT2D eigenvalue weighted by atomic mass is 9.87. The molecule has 0 saturated heterocycles. The monoisotopic (exact) mass is 386 g/mol. The average molecular weight is 387 g/mol. The third kappa shape index (κ3) is 5.12. The van der Waals surface area contributed by atoms with Gasteiger partial charge in [0.1, 0.15) is 0 Å². The molecule has 1 heterocycles. The number of thioether (sulfide) groups is 1. The van der Waals surface area contributed by atoms with Crippen LogP contribution < -0.4 is 5.32 Å². The van der Waals surface area contributed by atoms with E-state index in [-0.39, 0.29) is 11.3 Å². The summed E-state index contributed by atoms with van der Waals surface area (Å²) in [7, 11) is 1.95. The lowest BCUT2D eigenvalue weighted by molar-refractivity contribution is -0.119. The van der Waals surface area contributed by atoms with E-state index in [2.05, 4.69) is 60.6 Å². The van der Waals surface area contributed by atoms with E-state index in [9.17, 15) is 4.79 Å². The highest BCUT2D eigenvalue weighted by atomic mass is 32.2. The van der Waals surface area contributed by atoms with E-state index in [0.29, 0.717) is 11.8 Å². The zero-order valence-electron chi connectivity index (χ0n) is 16.8. The fourth-order valence-electron chi connectivity index (χ4n) is 3.46. The zero-order chi connectivity index (χ0) is 19.4. The molecule has 0 aliphatic heterocycles. The Morgan fingerprint density at radius 2 is 1.81 bits per heavy atom. The maximum atomic E-state index is 12.2. The van der Waals surface area contributed by atoms with Gasteiger partial charge in [0, 0.05) is 18.7 Å². The first-order chi connectivity index (χ1) is 12.8. The predicted octanol–water partition coefficient (Wildman–Crippen LogP) is 4.32. The number of hydrogen-bond acceptors (Lipinski definition) is 4. The molecule has 5 nitrogen and oxygen atoms in total. The molecular formula is C21H30N4OS. The van der Waals surface area contributed by atoms with Gasteiger partial charge in [-0.2, -0.15) is 0 Å². The van der Waals surface area contributed by atoms with Gasteiger partial charge in [-0.3, -0.25) is 4.79 Å². The maximum Gasteiger partial charge on any atom is 0.230 e. The van der Waals surface area contributed by atoms with Crippen molar-refractivity contribution in [1.82, 2.24) is 20.1 Å². The Morgan fingerprint density at radius 1 is 1.15 bits per heavy atom. The highest BCUT2D eigenvalue weighted by Gasteiger charge is 2.18. The Balaban J connectivity index is 1.60. The molecule has 1 saturated carbocycles. The Kier molecular flexibility index (Phi) is 6.25. The Bertz CT molecular complexity index is 770. The van der Waals surface area contributed by atoms with Crippen LogP contribution in [-0.4, -0.2) is 32.5 Å². The van der Waals surface area contributed by atoms with Crippen LogP contribution in [0.25, 0.3) is 11.4 Å². The van der Waals surface area contributed by atoms with Crippen LogP contribution in [0, 0.1) is 0 Å². The van der Waals surface area contributed by atoms with Gasteiger partial charge < -0.3 is 9.88 Å².